The van der Waals surface area contributed by atoms with Gasteiger partial charge in [0, 0.05) is 11.1 Å². The number of benzene rings is 1. The van der Waals surface area contributed by atoms with E-state index in [1.54, 1.807) is 0 Å². The van der Waals surface area contributed by atoms with Crippen LogP contribution in [0.25, 0.3) is 0 Å². The van der Waals surface area contributed by atoms with Crippen LogP contribution >= 0.6 is 11.6 Å². The Morgan fingerprint density at radius 3 is 1.89 bits per heavy atom. The van der Waals surface area contributed by atoms with Gasteiger partial charge in [0.05, 0.1) is 6.54 Å². The Morgan fingerprint density at radius 1 is 0.926 bits per heavy atom. The van der Waals surface area contributed by atoms with Crippen LogP contribution in [0, 0.1) is 0 Å². The van der Waals surface area contributed by atoms with Gasteiger partial charge in [0.2, 0.25) is 11.6 Å². The van der Waals surface area contributed by atoms with Crippen LogP contribution in [0.15, 0.2) is 35.0 Å². The highest BCUT2D eigenvalue weighted by molar-refractivity contribution is 6.49. The summed E-state index contributed by atoms with van der Waals surface area (Å²) in [7, 11) is 0. The molecule has 0 heterocycles. The second kappa shape index (κ2) is 6.77. The summed E-state index contributed by atoms with van der Waals surface area (Å²) < 4.78 is 103. The van der Waals surface area contributed by atoms with Gasteiger partial charge in [0.1, 0.15) is 10.7 Å². The van der Waals surface area contributed by atoms with E-state index in [0.717, 1.165) is 6.07 Å². The lowest BCUT2D eigenvalue weighted by Gasteiger charge is -2.32. The predicted octanol–water partition coefficient (Wildman–Crippen LogP) is 4.28. The molecule has 12 heteroatoms. The van der Waals surface area contributed by atoms with E-state index in [2.05, 4.69) is 0 Å². The summed E-state index contributed by atoms with van der Waals surface area (Å²) >= 11 is 5.59. The van der Waals surface area contributed by atoms with Crippen molar-refractivity contribution in [3.63, 3.8) is 0 Å². The Balaban J connectivity index is 2.31. The first-order chi connectivity index (χ1) is 12.3. The Labute approximate surface area is 151 Å². The number of alkyl halides is 8. The van der Waals surface area contributed by atoms with E-state index in [0.29, 0.717) is 0 Å². The lowest BCUT2D eigenvalue weighted by Crippen LogP contribution is -2.60. The van der Waals surface area contributed by atoms with Crippen molar-refractivity contribution < 1.29 is 44.7 Å². The minimum absolute atomic E-state index is 0.181. The molecule has 0 amide bonds. The molecule has 0 spiro atoms. The molecule has 0 bridgehead atoms. The van der Waals surface area contributed by atoms with Crippen molar-refractivity contribution in [1.82, 2.24) is 5.32 Å². The highest BCUT2D eigenvalue weighted by Gasteiger charge is 2.75. The van der Waals surface area contributed by atoms with Gasteiger partial charge in [0.15, 0.2) is 0 Å². The van der Waals surface area contributed by atoms with Crippen molar-refractivity contribution in [2.75, 3.05) is 6.54 Å². The number of hydrogen-bond donors (Lipinski definition) is 1. The zero-order valence-electron chi connectivity index (χ0n) is 12.8. The maximum absolute atomic E-state index is 13.6. The lowest BCUT2D eigenvalue weighted by atomic mass is 9.92. The highest BCUT2D eigenvalue weighted by atomic mass is 35.5. The highest BCUT2D eigenvalue weighted by Crippen LogP contribution is 2.48. The minimum atomic E-state index is -6.45. The second-order valence-electron chi connectivity index (χ2n) is 5.45. The first-order valence-electron chi connectivity index (χ1n) is 6.99. The molecule has 2 rings (SSSR count). The third-order valence-corrected chi connectivity index (χ3v) is 4.06. The van der Waals surface area contributed by atoms with Crippen LogP contribution < -0.4 is 5.32 Å². The molecule has 27 heavy (non-hydrogen) atoms. The molecule has 1 aliphatic rings. The van der Waals surface area contributed by atoms with Crippen LogP contribution in [0.4, 0.5) is 35.1 Å². The van der Waals surface area contributed by atoms with Crippen molar-refractivity contribution in [3.8, 4) is 0 Å². The summed E-state index contributed by atoms with van der Waals surface area (Å²) in [5, 5.41) is 0.487. The molecule has 0 aromatic heterocycles. The quantitative estimate of drug-likeness (QED) is 0.698. The maximum atomic E-state index is 13.6. The van der Waals surface area contributed by atoms with Crippen LogP contribution in [0.3, 0.4) is 0 Å². The summed E-state index contributed by atoms with van der Waals surface area (Å²) in [6.07, 6.45) is -5.06. The Hall–Kier alpha value is -2.17. The molecule has 0 fully saturated rings. The molecular formula is C15H8ClF8NO2. The van der Waals surface area contributed by atoms with Gasteiger partial charge >= 0.3 is 24.2 Å². The number of carbonyl (C=O) groups is 2. The van der Waals surface area contributed by atoms with Crippen molar-refractivity contribution in [2.24, 2.45) is 0 Å². The van der Waals surface area contributed by atoms with Gasteiger partial charge < -0.3 is 5.32 Å². The fourth-order valence-electron chi connectivity index (χ4n) is 2.19. The third kappa shape index (κ3) is 3.28. The van der Waals surface area contributed by atoms with Crippen molar-refractivity contribution in [1.29, 1.82) is 0 Å². The van der Waals surface area contributed by atoms with Crippen molar-refractivity contribution >= 4 is 23.2 Å². The van der Waals surface area contributed by atoms with Crippen LogP contribution in [0.2, 0.25) is 0 Å². The standard InChI is InChI=1S/C15H8ClF8NO2/c16-8-9(11(27)7-4-2-1-3-6(7)10(8)26)25-5-13(19,20)15(23,24)14(21,22)12(17)18/h1-4,12,25H,5H2. The molecule has 0 radical (unpaired) electrons. The molecule has 1 aromatic rings. The van der Waals surface area contributed by atoms with E-state index in [-0.39, 0.29) is 11.1 Å². The molecular weight excluding hydrogens is 414 g/mol. The van der Waals surface area contributed by atoms with E-state index in [9.17, 15) is 44.7 Å². The number of nitrogens with one attached hydrogen (secondary N) is 1. The number of Topliss-reactive ketones (excluding diaryl/α,β-unsaturated/α-hetero) is 2. The van der Waals surface area contributed by atoms with Crippen molar-refractivity contribution in [2.45, 2.75) is 24.2 Å². The molecule has 0 unspecified atom stereocenters. The van der Waals surface area contributed by atoms with Gasteiger partial charge in [-0.3, -0.25) is 9.59 Å². The zero-order valence-corrected chi connectivity index (χ0v) is 13.6. The average Bonchev–Trinajstić information content (AvgIpc) is 2.59. The smallest absolute Gasteiger partial charge is 0.374 e. The molecule has 0 aliphatic heterocycles. The first kappa shape index (κ1) is 21.1. The van der Waals surface area contributed by atoms with Crippen LogP contribution in [0.5, 0.6) is 0 Å². The van der Waals surface area contributed by atoms with Gasteiger partial charge in [-0.2, -0.15) is 26.3 Å². The van der Waals surface area contributed by atoms with E-state index < -0.39 is 53.0 Å². The van der Waals surface area contributed by atoms with E-state index in [4.69, 9.17) is 11.6 Å². The number of carbonyl (C=O) groups excluding carboxylic acids is 2. The SMILES string of the molecule is O=C1C(Cl)=C(NCC(F)(F)C(F)(F)C(F)(F)C(F)F)C(=O)c2ccccc21. The molecule has 3 nitrogen and oxygen atoms in total. The van der Waals surface area contributed by atoms with Gasteiger partial charge in [-0.1, -0.05) is 35.9 Å². The summed E-state index contributed by atoms with van der Waals surface area (Å²) in [4.78, 5) is 24.2. The summed E-state index contributed by atoms with van der Waals surface area (Å²) in [5.74, 6) is -20.6. The van der Waals surface area contributed by atoms with Gasteiger partial charge in [-0.15, -0.1) is 0 Å². The second-order valence-corrected chi connectivity index (χ2v) is 5.83. The Kier molecular flexibility index (Phi) is 5.30. The lowest BCUT2D eigenvalue weighted by molar-refractivity contribution is -0.336. The fourth-order valence-corrected chi connectivity index (χ4v) is 2.45. The van der Waals surface area contributed by atoms with Crippen molar-refractivity contribution in [3.05, 3.63) is 46.1 Å². The number of halogens is 9. The maximum Gasteiger partial charge on any atom is 0.379 e. The average molecular weight is 422 g/mol. The van der Waals surface area contributed by atoms with E-state index in [1.165, 1.54) is 23.5 Å². The normalized spacial score (nSPS) is 16.1. The molecule has 1 N–H and O–H groups in total. The van der Waals surface area contributed by atoms with Gasteiger partial charge in [0.25, 0.3) is 0 Å². The number of allylic oxidation sites excluding steroid dienone is 2. The zero-order chi connectivity index (χ0) is 20.8. The molecule has 1 aromatic carbocycles. The number of hydrogen-bond acceptors (Lipinski definition) is 3. The van der Waals surface area contributed by atoms with Gasteiger partial charge in [-0.05, 0) is 0 Å². The molecule has 148 valence electrons. The van der Waals surface area contributed by atoms with Crippen LogP contribution in [0.1, 0.15) is 20.7 Å². The van der Waals surface area contributed by atoms with Crippen LogP contribution in [-0.4, -0.2) is 42.3 Å². The summed E-state index contributed by atoms with van der Waals surface area (Å²) in [5.41, 5.74) is -1.50. The van der Waals surface area contributed by atoms with E-state index >= 15 is 0 Å². The monoisotopic (exact) mass is 421 g/mol. The number of ketones is 2. The summed E-state index contributed by atoms with van der Waals surface area (Å²) in [6.45, 7) is -2.35. The van der Waals surface area contributed by atoms with E-state index in [1.807, 2.05) is 0 Å². The summed E-state index contributed by atoms with van der Waals surface area (Å²) in [6, 6.07) is 5.00. The number of rotatable bonds is 6. The Bertz CT molecular complexity index is 822. The minimum Gasteiger partial charge on any atom is -0.374 e. The molecule has 1 aliphatic carbocycles. The van der Waals surface area contributed by atoms with Gasteiger partial charge in [-0.25, -0.2) is 8.78 Å². The molecule has 0 atom stereocenters. The predicted molar refractivity (Wildman–Crippen MR) is 76.8 cm³/mol. The molecule has 0 saturated carbocycles. The fraction of sp³-hybridized carbons (Fsp3) is 0.333. The van der Waals surface area contributed by atoms with Crippen LogP contribution in [-0.2, 0) is 0 Å². The topological polar surface area (TPSA) is 46.2 Å². The first-order valence-corrected chi connectivity index (χ1v) is 7.37. The third-order valence-electron chi connectivity index (χ3n) is 3.70. The molecule has 0 saturated heterocycles. The number of fused-ring (bicyclic) bond motifs is 1. The largest absolute Gasteiger partial charge is 0.379 e. The Morgan fingerprint density at radius 2 is 1.41 bits per heavy atom.